The third-order valence-electron chi connectivity index (χ3n) is 4.49. The summed E-state index contributed by atoms with van der Waals surface area (Å²) in [6.07, 6.45) is 1.78. The minimum atomic E-state index is 0.0164. The van der Waals surface area contributed by atoms with Gasteiger partial charge in [-0.3, -0.25) is 9.36 Å². The van der Waals surface area contributed by atoms with Gasteiger partial charge in [0.1, 0.15) is 5.75 Å². The first-order valence-electron chi connectivity index (χ1n) is 9.32. The zero-order chi connectivity index (χ0) is 21.5. The van der Waals surface area contributed by atoms with Crippen LogP contribution in [0.3, 0.4) is 0 Å². The summed E-state index contributed by atoms with van der Waals surface area (Å²) in [7, 11) is 3.43. The van der Waals surface area contributed by atoms with E-state index in [1.165, 1.54) is 11.8 Å². The summed E-state index contributed by atoms with van der Waals surface area (Å²) < 4.78 is 8.39. The Morgan fingerprint density at radius 3 is 2.70 bits per heavy atom. The number of methoxy groups -OCH3 is 1. The fourth-order valence-corrected chi connectivity index (χ4v) is 4.22. The van der Waals surface area contributed by atoms with Crippen LogP contribution in [0.5, 0.6) is 5.75 Å². The summed E-state index contributed by atoms with van der Waals surface area (Å²) in [6.45, 7) is 4.90. The number of carbonyl (C=O) groups is 1. The number of para-hydroxylation sites is 1. The Morgan fingerprint density at radius 2 is 1.97 bits per heavy atom. The monoisotopic (exact) mass is 486 g/mol. The Labute approximate surface area is 189 Å². The van der Waals surface area contributed by atoms with E-state index in [4.69, 9.17) is 4.74 Å². The van der Waals surface area contributed by atoms with Crippen LogP contribution < -0.4 is 4.74 Å². The molecule has 3 aromatic rings. The maximum absolute atomic E-state index is 12.7. The molecule has 0 aliphatic heterocycles. The van der Waals surface area contributed by atoms with E-state index in [0.717, 1.165) is 21.3 Å². The molecule has 1 heterocycles. The molecular formula is C22H23BrN4O2S. The number of allylic oxidation sites excluding steroid dienone is 1. The van der Waals surface area contributed by atoms with Gasteiger partial charge in [0.05, 0.1) is 18.4 Å². The number of amides is 1. The van der Waals surface area contributed by atoms with Crippen LogP contribution >= 0.6 is 27.7 Å². The quantitative estimate of drug-likeness (QED) is 0.325. The number of ether oxygens (including phenoxy) is 1. The fraction of sp³-hybridized carbons (Fsp3) is 0.227. The van der Waals surface area contributed by atoms with Crippen LogP contribution in [0.15, 0.2) is 70.8 Å². The highest BCUT2D eigenvalue weighted by molar-refractivity contribution is 9.10. The number of halogens is 1. The fourth-order valence-electron chi connectivity index (χ4n) is 2.92. The maximum atomic E-state index is 12.7. The second-order valence-electron chi connectivity index (χ2n) is 6.54. The summed E-state index contributed by atoms with van der Waals surface area (Å²) in [6, 6.07) is 15.6. The van der Waals surface area contributed by atoms with Crippen LogP contribution in [-0.4, -0.2) is 45.5 Å². The Kier molecular flexibility index (Phi) is 7.70. The van der Waals surface area contributed by atoms with Crippen LogP contribution in [0.2, 0.25) is 0 Å². The number of hydrogen-bond donors (Lipinski definition) is 0. The molecule has 0 unspecified atom stereocenters. The van der Waals surface area contributed by atoms with Crippen molar-refractivity contribution < 1.29 is 9.53 Å². The number of thioether (sulfide) groups is 1. The van der Waals surface area contributed by atoms with E-state index in [1.807, 2.05) is 53.1 Å². The van der Waals surface area contributed by atoms with Gasteiger partial charge in [0.2, 0.25) is 5.91 Å². The molecule has 3 rings (SSSR count). The first-order chi connectivity index (χ1) is 14.5. The van der Waals surface area contributed by atoms with Gasteiger partial charge in [-0.2, -0.15) is 0 Å². The number of rotatable bonds is 9. The molecule has 0 aliphatic rings. The van der Waals surface area contributed by atoms with E-state index in [2.05, 4.69) is 32.7 Å². The van der Waals surface area contributed by atoms with E-state index in [-0.39, 0.29) is 11.7 Å². The summed E-state index contributed by atoms with van der Waals surface area (Å²) in [5.41, 5.74) is 1.91. The van der Waals surface area contributed by atoms with Crippen molar-refractivity contribution in [1.29, 1.82) is 0 Å². The first-order valence-corrected chi connectivity index (χ1v) is 11.1. The zero-order valence-corrected chi connectivity index (χ0v) is 19.3. The molecule has 0 bridgehead atoms. The van der Waals surface area contributed by atoms with Crippen LogP contribution in [0, 0.1) is 0 Å². The normalized spacial score (nSPS) is 10.6. The predicted octanol–water partition coefficient (Wildman–Crippen LogP) is 4.65. The van der Waals surface area contributed by atoms with E-state index in [1.54, 1.807) is 25.1 Å². The first kappa shape index (κ1) is 22.1. The molecule has 1 amide bonds. The van der Waals surface area contributed by atoms with Gasteiger partial charge in [-0.05, 0) is 23.8 Å². The van der Waals surface area contributed by atoms with Crippen LogP contribution in [0.4, 0.5) is 0 Å². The molecule has 6 nitrogen and oxygen atoms in total. The minimum Gasteiger partial charge on any atom is -0.496 e. The standard InChI is InChI=1S/C22H23BrN4O2S/c1-4-13-27-21(17-10-6-8-12-19(17)29-3)24-25-22(27)30-15-20(28)26(2)14-16-9-5-7-11-18(16)23/h4-12H,1,13-15H2,2-3H3. The second kappa shape index (κ2) is 10.4. The third kappa shape index (κ3) is 5.12. The summed E-state index contributed by atoms with van der Waals surface area (Å²) in [4.78, 5) is 14.4. The molecule has 30 heavy (non-hydrogen) atoms. The Bertz CT molecular complexity index is 1040. The molecule has 156 valence electrons. The summed E-state index contributed by atoms with van der Waals surface area (Å²) in [5, 5.41) is 9.32. The van der Waals surface area contributed by atoms with Gasteiger partial charge in [0, 0.05) is 24.6 Å². The van der Waals surface area contributed by atoms with Gasteiger partial charge < -0.3 is 9.64 Å². The largest absolute Gasteiger partial charge is 0.496 e. The van der Waals surface area contributed by atoms with Crippen molar-refractivity contribution in [3.8, 4) is 17.1 Å². The van der Waals surface area contributed by atoms with Crippen molar-refractivity contribution >= 4 is 33.6 Å². The lowest BCUT2D eigenvalue weighted by Gasteiger charge is -2.18. The van der Waals surface area contributed by atoms with Crippen molar-refractivity contribution in [3.63, 3.8) is 0 Å². The smallest absolute Gasteiger partial charge is 0.233 e. The lowest BCUT2D eigenvalue weighted by molar-refractivity contribution is -0.127. The predicted molar refractivity (Wildman–Crippen MR) is 124 cm³/mol. The lowest BCUT2D eigenvalue weighted by atomic mass is 10.2. The third-order valence-corrected chi connectivity index (χ3v) is 6.22. The molecule has 0 radical (unpaired) electrons. The number of aromatic nitrogens is 3. The SMILES string of the molecule is C=CCn1c(SCC(=O)N(C)Cc2ccccc2Br)nnc1-c1ccccc1OC. The van der Waals surface area contributed by atoms with E-state index < -0.39 is 0 Å². The zero-order valence-electron chi connectivity index (χ0n) is 16.9. The molecule has 2 aromatic carbocycles. The van der Waals surface area contributed by atoms with E-state index >= 15 is 0 Å². The van der Waals surface area contributed by atoms with Gasteiger partial charge in [-0.1, -0.05) is 64.1 Å². The minimum absolute atomic E-state index is 0.0164. The Balaban J connectivity index is 1.73. The Morgan fingerprint density at radius 1 is 1.23 bits per heavy atom. The van der Waals surface area contributed by atoms with Crippen molar-refractivity contribution in [2.24, 2.45) is 0 Å². The molecular weight excluding hydrogens is 464 g/mol. The van der Waals surface area contributed by atoms with Crippen LogP contribution in [0.1, 0.15) is 5.56 Å². The highest BCUT2D eigenvalue weighted by Crippen LogP contribution is 2.31. The molecule has 8 heteroatoms. The molecule has 0 atom stereocenters. The summed E-state index contributed by atoms with van der Waals surface area (Å²) >= 11 is 4.89. The molecule has 0 N–H and O–H groups in total. The number of nitrogens with zero attached hydrogens (tertiary/aromatic N) is 4. The summed E-state index contributed by atoms with van der Waals surface area (Å²) in [5.74, 6) is 1.69. The van der Waals surface area contributed by atoms with Gasteiger partial charge in [0.25, 0.3) is 0 Å². The van der Waals surface area contributed by atoms with Crippen LogP contribution in [0.25, 0.3) is 11.4 Å². The van der Waals surface area contributed by atoms with Gasteiger partial charge in [-0.15, -0.1) is 16.8 Å². The lowest BCUT2D eigenvalue weighted by Crippen LogP contribution is -2.28. The van der Waals surface area contributed by atoms with Crippen molar-refractivity contribution in [2.45, 2.75) is 18.2 Å². The molecule has 0 spiro atoms. The molecule has 0 saturated heterocycles. The van der Waals surface area contributed by atoms with E-state index in [9.17, 15) is 4.79 Å². The van der Waals surface area contributed by atoms with E-state index in [0.29, 0.717) is 24.1 Å². The van der Waals surface area contributed by atoms with Crippen molar-refractivity contribution in [3.05, 3.63) is 71.2 Å². The van der Waals surface area contributed by atoms with Crippen molar-refractivity contribution in [1.82, 2.24) is 19.7 Å². The number of carbonyl (C=O) groups excluding carboxylic acids is 1. The van der Waals surface area contributed by atoms with Gasteiger partial charge in [0.15, 0.2) is 11.0 Å². The topological polar surface area (TPSA) is 60.2 Å². The average Bonchev–Trinajstić information content (AvgIpc) is 3.16. The highest BCUT2D eigenvalue weighted by atomic mass is 79.9. The molecule has 0 saturated carbocycles. The molecule has 0 aliphatic carbocycles. The van der Waals surface area contributed by atoms with Crippen molar-refractivity contribution in [2.75, 3.05) is 19.9 Å². The maximum Gasteiger partial charge on any atom is 0.233 e. The highest BCUT2D eigenvalue weighted by Gasteiger charge is 2.19. The Hall–Kier alpha value is -2.58. The van der Waals surface area contributed by atoms with Crippen LogP contribution in [-0.2, 0) is 17.9 Å². The number of hydrogen-bond acceptors (Lipinski definition) is 5. The molecule has 0 fully saturated rings. The average molecular weight is 487 g/mol. The molecule has 1 aromatic heterocycles. The van der Waals surface area contributed by atoms with Gasteiger partial charge in [-0.25, -0.2) is 0 Å². The second-order valence-corrected chi connectivity index (χ2v) is 8.33. The van der Waals surface area contributed by atoms with Gasteiger partial charge >= 0.3 is 0 Å². The number of benzene rings is 2.